The van der Waals surface area contributed by atoms with Crippen molar-refractivity contribution in [2.45, 2.75) is 31.4 Å². The average Bonchev–Trinajstić information content (AvgIpc) is 2.71. The van der Waals surface area contributed by atoms with Gasteiger partial charge >= 0.3 is 11.0 Å². The number of nitrogens with zero attached hydrogens (tertiary/aromatic N) is 2. The molecule has 0 fully saturated rings. The topological polar surface area (TPSA) is 102 Å². The van der Waals surface area contributed by atoms with Gasteiger partial charge in [0, 0.05) is 6.92 Å². The van der Waals surface area contributed by atoms with E-state index in [1.165, 1.54) is 5.69 Å². The third kappa shape index (κ3) is 6.34. The van der Waals surface area contributed by atoms with E-state index in [0.29, 0.717) is 0 Å². The van der Waals surface area contributed by atoms with Crippen LogP contribution in [0.5, 0.6) is 0 Å². The fourth-order valence-corrected chi connectivity index (χ4v) is 2.61. The maximum atomic E-state index is 11.4. The molecule has 0 amide bonds. The average molecular weight is 391 g/mol. The lowest BCUT2D eigenvalue weighted by molar-refractivity contribution is -0.692. The van der Waals surface area contributed by atoms with Gasteiger partial charge in [0.05, 0.1) is 6.54 Å². The van der Waals surface area contributed by atoms with Crippen molar-refractivity contribution in [3.63, 3.8) is 0 Å². The van der Waals surface area contributed by atoms with Crippen LogP contribution in [0.3, 0.4) is 0 Å². The zero-order chi connectivity index (χ0) is 18.7. The second-order valence-corrected chi connectivity index (χ2v) is 7.25. The molecule has 1 N–H and O–H groups in total. The largest absolute Gasteiger partial charge is 0.480 e. The van der Waals surface area contributed by atoms with Gasteiger partial charge in [-0.05, 0) is 6.92 Å². The summed E-state index contributed by atoms with van der Waals surface area (Å²) < 4.78 is 111. The highest BCUT2D eigenvalue weighted by atomic mass is 32.3. The molecule has 0 unspecified atom stereocenters. The number of H-pyrrole nitrogens is 1. The second kappa shape index (κ2) is 7.04. The number of nitrogens with one attached hydrogen (secondary N) is 1. The summed E-state index contributed by atoms with van der Waals surface area (Å²) in [7, 11) is -13.4. The minimum atomic E-state index is -6.72. The van der Waals surface area contributed by atoms with E-state index >= 15 is 0 Å². The van der Waals surface area contributed by atoms with Crippen LogP contribution in [0.4, 0.5) is 26.3 Å². The van der Waals surface area contributed by atoms with Gasteiger partial charge in [0.1, 0.15) is 11.9 Å². The molecule has 0 spiro atoms. The van der Waals surface area contributed by atoms with E-state index in [1.807, 2.05) is 13.3 Å². The van der Waals surface area contributed by atoms with Gasteiger partial charge in [0.15, 0.2) is 20.0 Å². The molecular weight excluding hydrogens is 380 g/mol. The Kier molecular flexibility index (Phi) is 6.63. The Bertz CT molecular complexity index is 678. The highest BCUT2D eigenvalue weighted by Crippen LogP contribution is 2.36. The number of hydrogen-bond donors (Lipinski definition) is 1. The van der Waals surface area contributed by atoms with E-state index in [0.717, 1.165) is 10.7 Å². The number of sulfonamides is 2. The summed E-state index contributed by atoms with van der Waals surface area (Å²) in [5.74, 6) is 0. The van der Waals surface area contributed by atoms with Crippen molar-refractivity contribution in [1.29, 1.82) is 0 Å². The van der Waals surface area contributed by atoms with Crippen LogP contribution in [0.2, 0.25) is 0 Å². The van der Waals surface area contributed by atoms with E-state index in [-0.39, 0.29) is 0 Å². The number of rotatable bonds is 3. The summed E-state index contributed by atoms with van der Waals surface area (Å²) >= 11 is 0. The number of aromatic nitrogens is 2. The molecule has 136 valence electrons. The van der Waals surface area contributed by atoms with Crippen molar-refractivity contribution in [3.05, 3.63) is 22.3 Å². The third-order valence-corrected chi connectivity index (χ3v) is 4.70. The van der Waals surface area contributed by atoms with Crippen molar-refractivity contribution in [2.75, 3.05) is 0 Å². The van der Waals surface area contributed by atoms with Gasteiger partial charge < -0.3 is 4.13 Å². The Morgan fingerprint density at radius 3 is 1.61 bits per heavy atom. The Morgan fingerprint density at radius 1 is 1.04 bits per heavy atom. The van der Waals surface area contributed by atoms with Crippen LogP contribution < -0.4 is 4.57 Å². The first kappa shape index (κ1) is 21.6. The molecule has 1 rings (SSSR count). The lowest BCUT2D eigenvalue weighted by Gasteiger charge is -2.22. The smallest absolute Gasteiger partial charge is 0.421 e. The van der Waals surface area contributed by atoms with Crippen molar-refractivity contribution in [1.82, 2.24) is 4.98 Å². The van der Waals surface area contributed by atoms with Crippen molar-refractivity contribution >= 4 is 20.0 Å². The lowest BCUT2D eigenvalue weighted by Crippen LogP contribution is -2.30. The van der Waals surface area contributed by atoms with E-state index in [2.05, 4.69) is 22.7 Å². The molecule has 23 heavy (non-hydrogen) atoms. The van der Waals surface area contributed by atoms with Gasteiger partial charge in [-0.2, -0.15) is 26.3 Å². The standard InChI is InChI=1S/C6H10N2.C2F6NO4S2/c1-3-8-4-6(2)7-5-8;3-1(4,5)14(10,11)9-15(12,13)2(6,7)8/h4-5H,3H2,1-2H3;/q;-1/p+1. The van der Waals surface area contributed by atoms with Crippen LogP contribution in [0.25, 0.3) is 4.13 Å². The molecule has 7 nitrogen and oxygen atoms in total. The van der Waals surface area contributed by atoms with Crippen LogP contribution in [0.15, 0.2) is 12.5 Å². The molecule has 1 heterocycles. The Balaban J connectivity index is 0.000000502. The molecule has 0 aliphatic rings. The SMILES string of the molecule is CC[n+]1c[nH]c(C)c1.O=S(=O)([N-]S(=O)(=O)C(F)(F)F)C(F)(F)F. The van der Waals surface area contributed by atoms with Gasteiger partial charge in [-0.25, -0.2) is 26.4 Å². The monoisotopic (exact) mass is 391 g/mol. The Hall–Kier alpha value is -1.35. The molecule has 0 aromatic carbocycles. The third-order valence-electron chi connectivity index (χ3n) is 1.96. The molecular formula is C8H11F6N3O4S2. The van der Waals surface area contributed by atoms with Gasteiger partial charge in [0.2, 0.25) is 6.33 Å². The zero-order valence-electron chi connectivity index (χ0n) is 11.5. The first-order valence-electron chi connectivity index (χ1n) is 5.44. The number of aromatic amines is 1. The molecule has 1 aromatic heterocycles. The van der Waals surface area contributed by atoms with Crippen LogP contribution in [-0.4, -0.2) is 32.8 Å². The molecule has 0 aliphatic carbocycles. The molecule has 0 saturated heterocycles. The lowest BCUT2D eigenvalue weighted by atomic mass is 10.6. The number of alkyl halides is 6. The zero-order valence-corrected chi connectivity index (χ0v) is 13.1. The molecule has 1 aromatic rings. The first-order valence-corrected chi connectivity index (χ1v) is 8.32. The minimum Gasteiger partial charge on any atom is -0.421 e. The van der Waals surface area contributed by atoms with Gasteiger partial charge in [0.25, 0.3) is 0 Å². The molecule has 0 atom stereocenters. The normalized spacial score (nSPS) is 13.4. The van der Waals surface area contributed by atoms with Gasteiger partial charge in [-0.15, -0.1) is 0 Å². The Labute approximate surface area is 127 Å². The van der Waals surface area contributed by atoms with Crippen molar-refractivity contribution < 1.29 is 47.7 Å². The van der Waals surface area contributed by atoms with Gasteiger partial charge in [-0.1, -0.05) is 0 Å². The maximum absolute atomic E-state index is 11.4. The van der Waals surface area contributed by atoms with Crippen LogP contribution in [-0.2, 0) is 26.6 Å². The summed E-state index contributed by atoms with van der Waals surface area (Å²) in [4.78, 5) is 3.08. The summed E-state index contributed by atoms with van der Waals surface area (Å²) in [5.41, 5.74) is -11.2. The Morgan fingerprint density at radius 2 is 1.43 bits per heavy atom. The van der Waals surface area contributed by atoms with E-state index in [9.17, 15) is 43.2 Å². The molecule has 15 heteroatoms. The fourth-order valence-electron chi connectivity index (χ4n) is 0.904. The predicted octanol–water partition coefficient (Wildman–Crippen LogP) is 1.69. The number of hydrogen-bond acceptors (Lipinski definition) is 4. The molecule has 0 radical (unpaired) electrons. The number of aryl methyl sites for hydroxylation is 2. The van der Waals surface area contributed by atoms with E-state index in [4.69, 9.17) is 0 Å². The quantitative estimate of drug-likeness (QED) is 0.626. The minimum absolute atomic E-state index is 0.778. The molecule has 0 aliphatic heterocycles. The van der Waals surface area contributed by atoms with Gasteiger partial charge in [-0.3, -0.25) is 0 Å². The fraction of sp³-hybridized carbons (Fsp3) is 0.625. The van der Waals surface area contributed by atoms with Crippen LogP contribution >= 0.6 is 0 Å². The molecule has 0 saturated carbocycles. The van der Waals surface area contributed by atoms with E-state index in [1.54, 1.807) is 0 Å². The first-order chi connectivity index (χ1) is 10.0. The van der Waals surface area contributed by atoms with Crippen LogP contribution in [0, 0.1) is 6.92 Å². The summed E-state index contributed by atoms with van der Waals surface area (Å²) in [6.45, 7) is 5.21. The maximum Gasteiger partial charge on any atom is 0.480 e. The predicted molar refractivity (Wildman–Crippen MR) is 64.7 cm³/mol. The second-order valence-electron chi connectivity index (χ2n) is 3.83. The number of halogens is 6. The summed E-state index contributed by atoms with van der Waals surface area (Å²) in [6, 6.07) is 0. The van der Waals surface area contributed by atoms with Crippen LogP contribution in [0.1, 0.15) is 12.6 Å². The van der Waals surface area contributed by atoms with Crippen molar-refractivity contribution in [3.8, 4) is 0 Å². The summed E-state index contributed by atoms with van der Waals surface area (Å²) in [6.07, 6.45) is 4.05. The van der Waals surface area contributed by atoms with E-state index < -0.39 is 31.1 Å². The highest BCUT2D eigenvalue weighted by molar-refractivity contribution is 8.13. The summed E-state index contributed by atoms with van der Waals surface area (Å²) in [5, 5.41) is 0. The number of imidazole rings is 1. The highest BCUT2D eigenvalue weighted by Gasteiger charge is 2.46. The molecule has 0 bridgehead atoms. The van der Waals surface area contributed by atoms with Crippen molar-refractivity contribution in [2.24, 2.45) is 0 Å².